The van der Waals surface area contributed by atoms with Crippen LogP contribution >= 0.6 is 0 Å². The van der Waals surface area contributed by atoms with Crippen molar-refractivity contribution in [1.82, 2.24) is 10.6 Å². The van der Waals surface area contributed by atoms with Crippen molar-refractivity contribution in [2.45, 2.75) is 61.3 Å². The zero-order valence-corrected chi connectivity index (χ0v) is 23.6. The molecule has 0 aromatic heterocycles. The van der Waals surface area contributed by atoms with Gasteiger partial charge < -0.3 is 14.9 Å². The van der Waals surface area contributed by atoms with Gasteiger partial charge in [0.25, 0.3) is 0 Å². The molecule has 0 fully saturated rings. The van der Waals surface area contributed by atoms with Gasteiger partial charge in [0.15, 0.2) is 0 Å². The molecule has 0 rings (SSSR count). The molecule has 0 aromatic rings. The van der Waals surface area contributed by atoms with Gasteiger partial charge >= 0.3 is 88.7 Å². The molecule has 0 radical (unpaired) electrons. The van der Waals surface area contributed by atoms with Crippen LogP contribution < -0.4 is 99.3 Å². The minimum Gasteiger partial charge on any atom is -1.00 e. The molecule has 0 aliphatic rings. The van der Waals surface area contributed by atoms with E-state index in [1.165, 1.54) is 12.8 Å². The van der Waals surface area contributed by atoms with Crippen LogP contribution in [0.5, 0.6) is 0 Å². The van der Waals surface area contributed by atoms with E-state index in [1.807, 2.05) is 20.8 Å². The maximum absolute atomic E-state index is 3.85. The zero-order valence-electron chi connectivity index (χ0n) is 20.6. The molecule has 2 N–H and O–H groups in total. The van der Waals surface area contributed by atoms with E-state index in [-0.39, 0.29) is 94.4 Å². The van der Waals surface area contributed by atoms with E-state index in [9.17, 15) is 0 Å². The van der Waals surface area contributed by atoms with Crippen molar-refractivity contribution in [3.63, 3.8) is 0 Å². The molecular weight excluding hydrogens is 303 g/mol. The summed E-state index contributed by atoms with van der Waals surface area (Å²) in [6, 6.07) is 0. The normalized spacial score (nSPS) is 7.05. The summed E-state index contributed by atoms with van der Waals surface area (Å²) in [6.45, 7) is 22.0. The molecule has 0 saturated carbocycles. The van der Waals surface area contributed by atoms with Gasteiger partial charge in [0.2, 0.25) is 0 Å². The first-order valence-electron chi connectivity index (χ1n) is 7.65. The Morgan fingerprint density at radius 2 is 1.32 bits per heavy atom. The van der Waals surface area contributed by atoms with Crippen molar-refractivity contribution < 1.29 is 94.4 Å². The van der Waals surface area contributed by atoms with E-state index in [4.69, 9.17) is 0 Å². The number of nitrogens with one attached hydrogen (secondary N) is 2. The minimum absolute atomic E-state index is 0. The van der Waals surface area contributed by atoms with E-state index in [1.54, 1.807) is 12.4 Å². The Morgan fingerprint density at radius 1 is 0.909 bits per heavy atom. The first-order chi connectivity index (χ1) is 9.16. The molecule has 0 spiro atoms. The Hall–Kier alpha value is 2.17. The van der Waals surface area contributed by atoms with Crippen LogP contribution in [0.15, 0.2) is 17.8 Å². The van der Waals surface area contributed by atoms with Crippen LogP contribution in [0.3, 0.4) is 0 Å². The Bertz CT molecular complexity index is 159. The Balaban J connectivity index is -0.0000000118. The van der Waals surface area contributed by atoms with Gasteiger partial charge in [-0.05, 0) is 46.3 Å². The van der Waals surface area contributed by atoms with Gasteiger partial charge in [-0.15, -0.1) is 0 Å². The second-order valence-electron chi connectivity index (χ2n) is 3.48. The van der Waals surface area contributed by atoms with Crippen LogP contribution in [0.4, 0.5) is 0 Å². The maximum Gasteiger partial charge on any atom is 1.00 e. The van der Waals surface area contributed by atoms with Gasteiger partial charge in [0.1, 0.15) is 0 Å². The van der Waals surface area contributed by atoms with Gasteiger partial charge in [0, 0.05) is 14.5 Å². The molecule has 0 atom stereocenters. The first-order valence-corrected chi connectivity index (χ1v) is 7.65. The van der Waals surface area contributed by atoms with Crippen LogP contribution in [0, 0.1) is 0 Å². The summed E-state index contributed by atoms with van der Waals surface area (Å²) >= 11 is 0. The van der Waals surface area contributed by atoms with E-state index in [0.717, 1.165) is 26.2 Å². The predicted octanol–water partition coefficient (Wildman–Crippen LogP) is -4.15. The fourth-order valence-corrected chi connectivity index (χ4v) is 0.577. The van der Waals surface area contributed by atoms with Crippen LogP contribution in [0.25, 0.3) is 0 Å². The summed E-state index contributed by atoms with van der Waals surface area (Å²) in [5, 5.41) is 5.99. The van der Waals surface area contributed by atoms with Gasteiger partial charge in [-0.3, -0.25) is 4.99 Å². The predicted molar refractivity (Wildman–Crippen MR) is 98.8 cm³/mol. The molecule has 0 amide bonds. The topological polar surface area (TPSA) is 36.4 Å². The van der Waals surface area contributed by atoms with Crippen LogP contribution in [0.2, 0.25) is 0 Å². The van der Waals surface area contributed by atoms with E-state index in [2.05, 4.69) is 49.9 Å². The summed E-state index contributed by atoms with van der Waals surface area (Å²) in [5.41, 5.74) is 0. The van der Waals surface area contributed by atoms with Crippen LogP contribution in [0.1, 0.15) is 67.0 Å². The molecule has 0 bridgehead atoms. The zero-order chi connectivity index (χ0) is 15.8. The standard InChI is InChI=1S/C4H11N.2C4H9N.C4H10.3Na.H2.3H/c3*1-3-5-4-2;1-3-4-2;;;;;;;/h5H,3-4H2,1-2H3;3H,4H2,1-2H3;3,5H,1,4H2,2H3;3-4H2,1-2H3;;;;1H;;;/q;;;;3*+1;;3*-1. The number of aliphatic imine (C=N–C) groups is 1. The van der Waals surface area contributed by atoms with Gasteiger partial charge in [-0.1, -0.05) is 47.1 Å². The Labute approximate surface area is 214 Å². The number of rotatable bonds is 6. The molecular formula is C16H44N3Na3. The number of unbranched alkanes of at least 4 members (excludes halogenated alkanes) is 1. The molecule has 0 saturated heterocycles. The second kappa shape index (κ2) is 65.7. The monoisotopic (exact) mass is 347 g/mol. The summed E-state index contributed by atoms with van der Waals surface area (Å²) in [6.07, 6.45) is 6.12. The number of hydrogen-bond donors (Lipinski definition) is 2. The third-order valence-corrected chi connectivity index (χ3v) is 1.71. The third-order valence-electron chi connectivity index (χ3n) is 1.71. The Kier molecular flexibility index (Phi) is 131. The quantitative estimate of drug-likeness (QED) is 0.378. The summed E-state index contributed by atoms with van der Waals surface area (Å²) in [4.78, 5) is 3.85. The number of hydrogen-bond acceptors (Lipinski definition) is 3. The molecule has 0 aliphatic heterocycles. The maximum atomic E-state index is 3.85. The average Bonchev–Trinajstić information content (AvgIpc) is 2.43. The first kappa shape index (κ1) is 44.0. The van der Waals surface area contributed by atoms with Crippen molar-refractivity contribution in [3.05, 3.63) is 12.8 Å². The molecule has 0 unspecified atom stereocenters. The molecule has 0 heterocycles. The largest absolute Gasteiger partial charge is 1.00 e. The van der Waals surface area contributed by atoms with Crippen molar-refractivity contribution >= 4 is 6.21 Å². The van der Waals surface area contributed by atoms with Crippen molar-refractivity contribution in [2.75, 3.05) is 26.2 Å². The van der Waals surface area contributed by atoms with E-state index < -0.39 is 0 Å². The molecule has 3 nitrogen and oxygen atoms in total. The molecule has 0 aromatic carbocycles. The minimum atomic E-state index is 0. The fourth-order valence-electron chi connectivity index (χ4n) is 0.577. The van der Waals surface area contributed by atoms with E-state index in [0.29, 0.717) is 0 Å². The summed E-state index contributed by atoms with van der Waals surface area (Å²) < 4.78 is 0. The number of nitrogens with zero attached hydrogens (tertiary/aromatic N) is 1. The van der Waals surface area contributed by atoms with E-state index >= 15 is 0 Å². The van der Waals surface area contributed by atoms with Crippen molar-refractivity contribution in [3.8, 4) is 0 Å². The van der Waals surface area contributed by atoms with Crippen molar-refractivity contribution in [2.24, 2.45) is 4.99 Å². The SMILES string of the molecule is C=CNCC.CC=NCC.CCCC.CCNCC.[H-].[H-].[H-].[HH].[Na+].[Na+].[Na+]. The van der Waals surface area contributed by atoms with Crippen LogP contribution in [-0.2, 0) is 0 Å². The van der Waals surface area contributed by atoms with Gasteiger partial charge in [-0.25, -0.2) is 0 Å². The van der Waals surface area contributed by atoms with Crippen molar-refractivity contribution in [1.29, 1.82) is 0 Å². The Morgan fingerprint density at radius 3 is 1.32 bits per heavy atom. The van der Waals surface area contributed by atoms with Crippen LogP contribution in [-0.4, -0.2) is 32.4 Å². The second-order valence-corrected chi connectivity index (χ2v) is 3.48. The smallest absolute Gasteiger partial charge is 1.00 e. The molecule has 0 aliphatic carbocycles. The molecule has 6 heteroatoms. The molecule has 22 heavy (non-hydrogen) atoms. The summed E-state index contributed by atoms with van der Waals surface area (Å²) in [5.74, 6) is 0. The molecule has 126 valence electrons. The fraction of sp³-hybridized carbons (Fsp3) is 0.812. The summed E-state index contributed by atoms with van der Waals surface area (Å²) in [7, 11) is 0. The average molecular weight is 348 g/mol. The third kappa shape index (κ3) is 118. The van der Waals surface area contributed by atoms with Gasteiger partial charge in [0.05, 0.1) is 0 Å². The van der Waals surface area contributed by atoms with Gasteiger partial charge in [-0.2, -0.15) is 0 Å².